The standard InChI is InChI=1S/C23H25NO6/c1-23(2,3)21-10-14-9-20(30-8-6-5-7-25)19(29-4)11-15(14)17-12-18(26)16(22(27)28)13-24(17)21/h9,11-13,21,25H,7-8,10H2,1-4H3,(H,27,28). The van der Waals surface area contributed by atoms with E-state index >= 15 is 0 Å². The fourth-order valence-corrected chi connectivity index (χ4v) is 3.72. The van der Waals surface area contributed by atoms with E-state index in [1.165, 1.54) is 19.4 Å². The average Bonchev–Trinajstić information content (AvgIpc) is 2.68. The van der Waals surface area contributed by atoms with Gasteiger partial charge >= 0.3 is 5.97 Å². The summed E-state index contributed by atoms with van der Waals surface area (Å²) in [7, 11) is 1.52. The molecule has 1 aromatic carbocycles. The van der Waals surface area contributed by atoms with Crippen molar-refractivity contribution in [1.29, 1.82) is 0 Å². The molecule has 0 fully saturated rings. The van der Waals surface area contributed by atoms with Gasteiger partial charge in [0.15, 0.2) is 16.9 Å². The number of hydrogen-bond donors (Lipinski definition) is 2. The van der Waals surface area contributed by atoms with E-state index in [9.17, 15) is 14.7 Å². The molecule has 7 nitrogen and oxygen atoms in total. The monoisotopic (exact) mass is 411 g/mol. The largest absolute Gasteiger partial charge is 0.493 e. The van der Waals surface area contributed by atoms with E-state index in [4.69, 9.17) is 14.6 Å². The Balaban J connectivity index is 2.19. The van der Waals surface area contributed by atoms with Gasteiger partial charge in [0, 0.05) is 23.9 Å². The normalized spacial score (nSPS) is 14.8. The van der Waals surface area contributed by atoms with Crippen LogP contribution >= 0.6 is 0 Å². The Morgan fingerprint density at radius 3 is 2.57 bits per heavy atom. The van der Waals surface area contributed by atoms with Crippen LogP contribution in [0.2, 0.25) is 0 Å². The number of aliphatic hydroxyl groups excluding tert-OH is 1. The fraction of sp³-hybridized carbons (Fsp3) is 0.391. The van der Waals surface area contributed by atoms with Crippen molar-refractivity contribution in [3.05, 3.63) is 45.7 Å². The highest BCUT2D eigenvalue weighted by atomic mass is 16.5. The van der Waals surface area contributed by atoms with Crippen LogP contribution in [-0.2, 0) is 6.42 Å². The summed E-state index contributed by atoms with van der Waals surface area (Å²) in [5.41, 5.74) is 1.46. The van der Waals surface area contributed by atoms with Crippen LogP contribution in [0.3, 0.4) is 0 Å². The van der Waals surface area contributed by atoms with Gasteiger partial charge in [-0.25, -0.2) is 4.79 Å². The molecule has 2 aromatic rings. The van der Waals surface area contributed by atoms with Crippen LogP contribution in [0.5, 0.6) is 11.5 Å². The highest BCUT2D eigenvalue weighted by molar-refractivity contribution is 5.88. The van der Waals surface area contributed by atoms with Crippen molar-refractivity contribution in [2.45, 2.75) is 33.2 Å². The van der Waals surface area contributed by atoms with Crippen molar-refractivity contribution in [3.63, 3.8) is 0 Å². The van der Waals surface area contributed by atoms with Crippen molar-refractivity contribution in [3.8, 4) is 34.6 Å². The minimum absolute atomic E-state index is 0.0610. The molecule has 30 heavy (non-hydrogen) atoms. The Morgan fingerprint density at radius 2 is 1.97 bits per heavy atom. The molecular weight excluding hydrogens is 386 g/mol. The number of carboxylic acids is 1. The number of ether oxygens (including phenoxy) is 2. The van der Waals surface area contributed by atoms with Crippen molar-refractivity contribution in [1.82, 2.24) is 4.57 Å². The molecule has 0 radical (unpaired) electrons. The summed E-state index contributed by atoms with van der Waals surface area (Å²) in [5.74, 6) is 5.01. The van der Waals surface area contributed by atoms with Crippen molar-refractivity contribution in [2.24, 2.45) is 5.41 Å². The molecule has 7 heteroatoms. The number of carboxylic acid groups (broad SMARTS) is 1. The molecule has 1 aromatic heterocycles. The number of aromatic nitrogens is 1. The van der Waals surface area contributed by atoms with Crippen molar-refractivity contribution < 1.29 is 24.5 Å². The molecule has 0 spiro atoms. The predicted molar refractivity (Wildman–Crippen MR) is 112 cm³/mol. The van der Waals surface area contributed by atoms with Crippen molar-refractivity contribution in [2.75, 3.05) is 20.3 Å². The summed E-state index contributed by atoms with van der Waals surface area (Å²) in [6, 6.07) is 5.00. The lowest BCUT2D eigenvalue weighted by molar-refractivity contribution is 0.0693. The Kier molecular flexibility index (Phi) is 5.90. The van der Waals surface area contributed by atoms with Gasteiger partial charge in [-0.1, -0.05) is 32.6 Å². The van der Waals surface area contributed by atoms with Gasteiger partial charge in [0.1, 0.15) is 18.8 Å². The topological polar surface area (TPSA) is 98.0 Å². The highest BCUT2D eigenvalue weighted by Crippen LogP contribution is 2.45. The number of benzene rings is 1. The van der Waals surface area contributed by atoms with E-state index in [1.54, 1.807) is 6.07 Å². The summed E-state index contributed by atoms with van der Waals surface area (Å²) in [6.07, 6.45) is 2.08. The third kappa shape index (κ3) is 4.05. The SMILES string of the molecule is COc1cc2c(cc1OCC#CCO)CC(C(C)(C)C)n1cc(C(=O)O)c(=O)cc1-2. The van der Waals surface area contributed by atoms with Gasteiger partial charge in [-0.15, -0.1) is 0 Å². The van der Waals surface area contributed by atoms with E-state index in [-0.39, 0.29) is 30.2 Å². The molecule has 158 valence electrons. The van der Waals surface area contributed by atoms with E-state index in [0.29, 0.717) is 23.6 Å². The maximum absolute atomic E-state index is 12.4. The second-order valence-electron chi connectivity index (χ2n) is 8.20. The lowest BCUT2D eigenvalue weighted by atomic mass is 9.78. The predicted octanol–water partition coefficient (Wildman–Crippen LogP) is 2.74. The maximum Gasteiger partial charge on any atom is 0.341 e. The number of nitrogens with zero attached hydrogens (tertiary/aromatic N) is 1. The van der Waals surface area contributed by atoms with E-state index in [0.717, 1.165) is 11.1 Å². The lowest BCUT2D eigenvalue weighted by Gasteiger charge is -2.39. The van der Waals surface area contributed by atoms with Gasteiger partial charge in [-0.2, -0.15) is 0 Å². The maximum atomic E-state index is 12.4. The fourth-order valence-electron chi connectivity index (χ4n) is 3.72. The molecule has 0 saturated carbocycles. The molecule has 1 atom stereocenters. The van der Waals surface area contributed by atoms with E-state index < -0.39 is 11.4 Å². The molecule has 2 N–H and O–H groups in total. The number of aliphatic hydroxyl groups is 1. The third-order valence-electron chi connectivity index (χ3n) is 5.23. The van der Waals surface area contributed by atoms with Crippen LogP contribution in [-0.4, -0.2) is 41.1 Å². The number of methoxy groups -OCH3 is 1. The quantitative estimate of drug-likeness (QED) is 0.751. The first kappa shape index (κ1) is 21.5. The van der Waals surface area contributed by atoms with E-state index in [2.05, 4.69) is 32.6 Å². The average molecular weight is 411 g/mol. The molecule has 0 amide bonds. The smallest absolute Gasteiger partial charge is 0.341 e. The first-order valence-corrected chi connectivity index (χ1v) is 9.57. The number of pyridine rings is 1. The van der Waals surface area contributed by atoms with Crippen LogP contribution in [0, 0.1) is 17.3 Å². The summed E-state index contributed by atoms with van der Waals surface area (Å²) >= 11 is 0. The second-order valence-corrected chi connectivity index (χ2v) is 8.20. The van der Waals surface area contributed by atoms with Crippen LogP contribution in [0.15, 0.2) is 29.2 Å². The number of aromatic carboxylic acids is 1. The molecule has 1 aliphatic heterocycles. The molecule has 0 bridgehead atoms. The Bertz CT molecular complexity index is 1100. The zero-order valence-electron chi connectivity index (χ0n) is 17.5. The Hall–Kier alpha value is -3.24. The minimum Gasteiger partial charge on any atom is -0.493 e. The highest BCUT2D eigenvalue weighted by Gasteiger charge is 2.34. The number of carbonyl (C=O) groups is 1. The zero-order chi connectivity index (χ0) is 22.1. The first-order chi connectivity index (χ1) is 14.2. The molecule has 1 aliphatic rings. The van der Waals surface area contributed by atoms with Crippen molar-refractivity contribution >= 4 is 5.97 Å². The van der Waals surface area contributed by atoms with Gasteiger partial charge < -0.3 is 24.3 Å². The molecule has 1 unspecified atom stereocenters. The number of fused-ring (bicyclic) bond motifs is 3. The third-order valence-corrected chi connectivity index (χ3v) is 5.23. The zero-order valence-corrected chi connectivity index (χ0v) is 17.5. The molecule has 2 heterocycles. The van der Waals surface area contributed by atoms with Crippen LogP contribution in [0.25, 0.3) is 11.3 Å². The Morgan fingerprint density at radius 1 is 1.23 bits per heavy atom. The molecule has 0 aliphatic carbocycles. The van der Waals surface area contributed by atoms with Gasteiger partial charge in [0.05, 0.1) is 12.8 Å². The van der Waals surface area contributed by atoms with Gasteiger partial charge in [-0.3, -0.25) is 4.79 Å². The van der Waals surface area contributed by atoms with Gasteiger partial charge in [0.25, 0.3) is 0 Å². The molecule has 0 saturated heterocycles. The summed E-state index contributed by atoms with van der Waals surface area (Å²) in [5, 5.41) is 18.2. The van der Waals surface area contributed by atoms with Gasteiger partial charge in [-0.05, 0) is 29.5 Å². The van der Waals surface area contributed by atoms with Gasteiger partial charge in [0.2, 0.25) is 0 Å². The summed E-state index contributed by atoms with van der Waals surface area (Å²) in [4.78, 5) is 24.0. The van der Waals surface area contributed by atoms with Crippen LogP contribution in [0.1, 0.15) is 42.7 Å². The molecular formula is C23H25NO6. The number of rotatable bonds is 4. The first-order valence-electron chi connectivity index (χ1n) is 9.57. The van der Waals surface area contributed by atoms with Crippen LogP contribution in [0.4, 0.5) is 0 Å². The van der Waals surface area contributed by atoms with Crippen LogP contribution < -0.4 is 14.9 Å². The molecule has 3 rings (SSSR count). The minimum atomic E-state index is -1.24. The second kappa shape index (κ2) is 8.25. The summed E-state index contributed by atoms with van der Waals surface area (Å²) < 4.78 is 13.1. The number of hydrogen-bond acceptors (Lipinski definition) is 5. The van der Waals surface area contributed by atoms with E-state index in [1.807, 2.05) is 10.6 Å². The Labute approximate surface area is 174 Å². The lowest BCUT2D eigenvalue weighted by Crippen LogP contribution is -2.32. The summed E-state index contributed by atoms with van der Waals surface area (Å²) in [6.45, 7) is 6.11.